The predicted molar refractivity (Wildman–Crippen MR) is 176 cm³/mol. The van der Waals surface area contributed by atoms with Crippen molar-refractivity contribution in [2.45, 2.75) is 56.2 Å². The number of urea groups is 1. The molecule has 238 valence electrons. The van der Waals surface area contributed by atoms with E-state index in [9.17, 15) is 18.0 Å². The van der Waals surface area contributed by atoms with Gasteiger partial charge in [-0.05, 0) is 67.3 Å². The highest BCUT2D eigenvalue weighted by molar-refractivity contribution is 7.89. The zero-order valence-electron chi connectivity index (χ0n) is 25.4. The number of aromatic nitrogens is 1. The average Bonchev–Trinajstić information content (AvgIpc) is 3.59. The van der Waals surface area contributed by atoms with E-state index in [4.69, 9.17) is 15.6 Å². The maximum atomic E-state index is 13.6. The summed E-state index contributed by atoms with van der Waals surface area (Å²) in [6.45, 7) is 2.02. The number of amides is 3. The van der Waals surface area contributed by atoms with Gasteiger partial charge in [0.2, 0.25) is 10.0 Å². The summed E-state index contributed by atoms with van der Waals surface area (Å²) in [6, 6.07) is 25.8. The lowest BCUT2D eigenvalue weighted by Crippen LogP contribution is -2.41. The molecule has 5 N–H and O–H groups in total. The average molecular weight is 641 g/mol. The standard InChI is InChI=1S/C34H36N6O5S/c1-23(30-14-6-7-20-37-30)45-34(42)39-32(35)26-10-8-9-24(21-26)22-40(28-11-2-3-12-28)33(41)38-27-18-16-25(17-19-27)29-13-4-5-15-31(29)46(36,43)44/h4-10,13-21,23,28H,2-3,11-12,22H2,1H3,(H,38,41)(H2,35,39,42)(H2,36,43,44). The number of primary sulfonamides is 1. The number of rotatable bonds is 9. The largest absolute Gasteiger partial charge is 0.438 e. The first-order valence-corrected chi connectivity index (χ1v) is 16.5. The van der Waals surface area contributed by atoms with Crippen LogP contribution in [-0.4, -0.2) is 42.3 Å². The fraction of sp³-hybridized carbons (Fsp3) is 0.235. The van der Waals surface area contributed by atoms with E-state index < -0.39 is 22.2 Å². The molecular formula is C34H36N6O5S. The number of ether oxygens (including phenoxy) is 1. The molecule has 12 heteroatoms. The van der Waals surface area contributed by atoms with Gasteiger partial charge < -0.3 is 20.7 Å². The van der Waals surface area contributed by atoms with Crippen LogP contribution in [0, 0.1) is 0 Å². The quantitative estimate of drug-likeness (QED) is 0.149. The molecule has 1 aliphatic rings. The molecule has 1 saturated carbocycles. The summed E-state index contributed by atoms with van der Waals surface area (Å²) in [5, 5.41) is 8.39. The normalized spacial score (nSPS) is 14.4. The van der Waals surface area contributed by atoms with Crippen LogP contribution in [0.5, 0.6) is 0 Å². The van der Waals surface area contributed by atoms with E-state index >= 15 is 0 Å². The fourth-order valence-electron chi connectivity index (χ4n) is 5.51. The molecule has 3 aromatic carbocycles. The first-order valence-electron chi connectivity index (χ1n) is 14.9. The Kier molecular flexibility index (Phi) is 10.1. The molecule has 4 aromatic rings. The number of nitrogens with zero attached hydrogens (tertiary/aromatic N) is 3. The van der Waals surface area contributed by atoms with Crippen molar-refractivity contribution in [2.24, 2.45) is 15.9 Å². The molecule has 0 saturated heterocycles. The Morgan fingerprint density at radius 3 is 2.41 bits per heavy atom. The Labute approximate surface area is 268 Å². The highest BCUT2D eigenvalue weighted by atomic mass is 32.2. The minimum Gasteiger partial charge on any atom is -0.438 e. The van der Waals surface area contributed by atoms with E-state index in [1.165, 1.54) is 6.07 Å². The van der Waals surface area contributed by atoms with Gasteiger partial charge in [0.15, 0.2) is 0 Å². The fourth-order valence-corrected chi connectivity index (χ4v) is 6.27. The Morgan fingerprint density at radius 1 is 1.00 bits per heavy atom. The van der Waals surface area contributed by atoms with Gasteiger partial charge in [0.05, 0.1) is 10.6 Å². The van der Waals surface area contributed by atoms with Crippen molar-refractivity contribution >= 4 is 33.7 Å². The zero-order chi connectivity index (χ0) is 32.7. The molecule has 1 heterocycles. The Bertz CT molecular complexity index is 1820. The lowest BCUT2D eigenvalue weighted by atomic mass is 10.1. The van der Waals surface area contributed by atoms with Crippen molar-refractivity contribution in [3.05, 3.63) is 114 Å². The number of hydrogen-bond acceptors (Lipinski definition) is 6. The van der Waals surface area contributed by atoms with Crippen molar-refractivity contribution in [1.29, 1.82) is 0 Å². The third kappa shape index (κ3) is 8.14. The SMILES string of the molecule is CC(OC(=O)N=C(N)c1cccc(CN(C(=O)Nc2ccc(-c3ccccc3S(N)(=O)=O)cc2)C2CCCC2)c1)c1ccccn1. The molecule has 1 fully saturated rings. The zero-order valence-corrected chi connectivity index (χ0v) is 26.2. The summed E-state index contributed by atoms with van der Waals surface area (Å²) >= 11 is 0. The van der Waals surface area contributed by atoms with Gasteiger partial charge in [0.25, 0.3) is 0 Å². The first-order chi connectivity index (χ1) is 22.1. The highest BCUT2D eigenvalue weighted by Crippen LogP contribution is 2.29. The van der Waals surface area contributed by atoms with Gasteiger partial charge in [-0.3, -0.25) is 4.98 Å². The van der Waals surface area contributed by atoms with E-state index in [1.54, 1.807) is 92.0 Å². The van der Waals surface area contributed by atoms with Crippen LogP contribution < -0.4 is 16.2 Å². The van der Waals surface area contributed by atoms with Crippen LogP contribution in [0.15, 0.2) is 107 Å². The molecule has 1 aliphatic carbocycles. The number of pyridine rings is 1. The van der Waals surface area contributed by atoms with E-state index in [0.717, 1.165) is 31.2 Å². The first kappa shape index (κ1) is 32.3. The van der Waals surface area contributed by atoms with Crippen molar-refractivity contribution in [3.8, 4) is 11.1 Å². The van der Waals surface area contributed by atoms with Crippen molar-refractivity contribution in [2.75, 3.05) is 5.32 Å². The van der Waals surface area contributed by atoms with Crippen LogP contribution in [0.25, 0.3) is 11.1 Å². The highest BCUT2D eigenvalue weighted by Gasteiger charge is 2.27. The van der Waals surface area contributed by atoms with E-state index in [-0.39, 0.29) is 22.8 Å². The van der Waals surface area contributed by atoms with Gasteiger partial charge >= 0.3 is 12.1 Å². The van der Waals surface area contributed by atoms with Crippen LogP contribution in [0.3, 0.4) is 0 Å². The molecule has 0 radical (unpaired) electrons. The molecule has 5 rings (SSSR count). The maximum Gasteiger partial charge on any atom is 0.436 e. The number of sulfonamides is 1. The number of carbonyl (C=O) groups excluding carboxylic acids is 2. The third-order valence-electron chi connectivity index (χ3n) is 7.84. The summed E-state index contributed by atoms with van der Waals surface area (Å²) in [6.07, 6.45) is 4.04. The van der Waals surface area contributed by atoms with E-state index in [0.29, 0.717) is 34.6 Å². The molecule has 1 aromatic heterocycles. The van der Waals surface area contributed by atoms with Gasteiger partial charge in [-0.1, -0.05) is 67.4 Å². The van der Waals surface area contributed by atoms with Gasteiger partial charge in [0, 0.05) is 35.6 Å². The minimum absolute atomic E-state index is 0.000961. The summed E-state index contributed by atoms with van der Waals surface area (Å²) in [5.74, 6) is 0.000961. The number of carbonyl (C=O) groups is 2. The smallest absolute Gasteiger partial charge is 0.436 e. The van der Waals surface area contributed by atoms with Gasteiger partial charge in [-0.25, -0.2) is 23.1 Å². The summed E-state index contributed by atoms with van der Waals surface area (Å²) < 4.78 is 29.5. The number of anilines is 1. The molecular weight excluding hydrogens is 604 g/mol. The van der Waals surface area contributed by atoms with Gasteiger partial charge in [0.1, 0.15) is 11.9 Å². The van der Waals surface area contributed by atoms with Crippen LogP contribution in [0.4, 0.5) is 15.3 Å². The van der Waals surface area contributed by atoms with Crippen LogP contribution in [-0.2, 0) is 21.3 Å². The minimum atomic E-state index is -3.91. The van der Waals surface area contributed by atoms with Gasteiger partial charge in [-0.15, -0.1) is 0 Å². The monoisotopic (exact) mass is 640 g/mol. The third-order valence-corrected chi connectivity index (χ3v) is 8.81. The summed E-state index contributed by atoms with van der Waals surface area (Å²) in [5.41, 5.74) is 9.83. The van der Waals surface area contributed by atoms with E-state index in [1.807, 2.05) is 11.0 Å². The predicted octanol–water partition coefficient (Wildman–Crippen LogP) is 5.98. The van der Waals surface area contributed by atoms with Gasteiger partial charge in [-0.2, -0.15) is 4.99 Å². The van der Waals surface area contributed by atoms with Crippen molar-refractivity contribution < 1.29 is 22.7 Å². The molecule has 1 atom stereocenters. The molecule has 46 heavy (non-hydrogen) atoms. The molecule has 0 bridgehead atoms. The summed E-state index contributed by atoms with van der Waals surface area (Å²) in [7, 11) is -3.91. The van der Waals surface area contributed by atoms with Crippen LogP contribution in [0.2, 0.25) is 0 Å². The Balaban J connectivity index is 1.29. The second-order valence-electron chi connectivity index (χ2n) is 11.1. The van der Waals surface area contributed by atoms with Crippen LogP contribution in [0.1, 0.15) is 55.5 Å². The second-order valence-corrected chi connectivity index (χ2v) is 12.6. The van der Waals surface area contributed by atoms with Crippen molar-refractivity contribution in [3.63, 3.8) is 0 Å². The number of benzene rings is 3. The molecule has 3 amide bonds. The number of aliphatic imine (C=N–C) groups is 1. The molecule has 0 aliphatic heterocycles. The molecule has 11 nitrogen and oxygen atoms in total. The Hall–Kier alpha value is -5.07. The number of amidine groups is 1. The Morgan fingerprint density at radius 2 is 1.72 bits per heavy atom. The molecule has 0 spiro atoms. The topological polar surface area (TPSA) is 170 Å². The lowest BCUT2D eigenvalue weighted by Gasteiger charge is -2.29. The lowest BCUT2D eigenvalue weighted by molar-refractivity contribution is 0.115. The maximum absolute atomic E-state index is 13.6. The number of nitrogens with one attached hydrogen (secondary N) is 1. The number of hydrogen-bond donors (Lipinski definition) is 3. The van der Waals surface area contributed by atoms with Crippen LogP contribution >= 0.6 is 0 Å². The van der Waals surface area contributed by atoms with E-state index in [2.05, 4.69) is 15.3 Å². The summed E-state index contributed by atoms with van der Waals surface area (Å²) in [4.78, 5) is 36.0. The number of nitrogens with two attached hydrogens (primary N) is 2. The molecule has 1 unspecified atom stereocenters. The van der Waals surface area contributed by atoms with Crippen molar-refractivity contribution in [1.82, 2.24) is 9.88 Å². The second kappa shape index (κ2) is 14.4.